The van der Waals surface area contributed by atoms with Crippen LogP contribution in [0.1, 0.15) is 24.5 Å². The normalized spacial score (nSPS) is 18.1. The molecule has 1 aliphatic rings. The lowest BCUT2D eigenvalue weighted by Crippen LogP contribution is -2.38. The zero-order valence-electron chi connectivity index (χ0n) is 9.76. The molecule has 2 nitrogen and oxygen atoms in total. The summed E-state index contributed by atoms with van der Waals surface area (Å²) in [7, 11) is 0. The molecule has 0 bridgehead atoms. The molecule has 2 rings (SSSR count). The highest BCUT2D eigenvalue weighted by Crippen LogP contribution is 2.25. The van der Waals surface area contributed by atoms with Crippen LogP contribution in [0.3, 0.4) is 0 Å². The van der Waals surface area contributed by atoms with Gasteiger partial charge in [0.15, 0.2) is 0 Å². The van der Waals surface area contributed by atoms with E-state index >= 15 is 0 Å². The van der Waals surface area contributed by atoms with E-state index in [1.54, 1.807) is 0 Å². The van der Waals surface area contributed by atoms with Gasteiger partial charge in [-0.1, -0.05) is 30.3 Å². The Morgan fingerprint density at radius 2 is 2.06 bits per heavy atom. The highest BCUT2D eigenvalue weighted by molar-refractivity contribution is 7.93. The van der Waals surface area contributed by atoms with Crippen molar-refractivity contribution in [1.29, 1.82) is 0 Å². The molecule has 0 radical (unpaired) electrons. The standard InChI is InChI=1S/C13H19NOS/c1-16-15-13(8-11-14-9-5-10-14)12-6-3-2-4-7-12/h2-4,6-7,13H,5,8-11H2,1H3. The third-order valence-corrected chi connectivity index (χ3v) is 3.46. The molecule has 88 valence electrons. The van der Waals surface area contributed by atoms with Crippen LogP contribution in [0.2, 0.25) is 0 Å². The zero-order valence-corrected chi connectivity index (χ0v) is 10.6. The Morgan fingerprint density at radius 1 is 1.31 bits per heavy atom. The number of hydrogen-bond donors (Lipinski definition) is 0. The van der Waals surface area contributed by atoms with E-state index < -0.39 is 0 Å². The lowest BCUT2D eigenvalue weighted by molar-refractivity contribution is 0.142. The average Bonchev–Trinajstić information content (AvgIpc) is 2.27. The molecule has 1 atom stereocenters. The van der Waals surface area contributed by atoms with E-state index in [0.29, 0.717) is 0 Å². The van der Waals surface area contributed by atoms with Gasteiger partial charge in [0.1, 0.15) is 0 Å². The van der Waals surface area contributed by atoms with Crippen LogP contribution in [0.4, 0.5) is 0 Å². The molecule has 16 heavy (non-hydrogen) atoms. The maximum absolute atomic E-state index is 5.74. The molecule has 0 amide bonds. The Bertz CT molecular complexity index is 300. The number of likely N-dealkylation sites (tertiary alicyclic amines) is 1. The van der Waals surface area contributed by atoms with E-state index in [1.807, 2.05) is 6.26 Å². The van der Waals surface area contributed by atoms with Crippen molar-refractivity contribution in [3.63, 3.8) is 0 Å². The minimum absolute atomic E-state index is 0.233. The highest BCUT2D eigenvalue weighted by Gasteiger charge is 2.17. The van der Waals surface area contributed by atoms with Crippen molar-refractivity contribution in [2.75, 3.05) is 25.9 Å². The average molecular weight is 237 g/mol. The topological polar surface area (TPSA) is 12.5 Å². The third-order valence-electron chi connectivity index (χ3n) is 3.04. The quantitative estimate of drug-likeness (QED) is 0.705. The van der Waals surface area contributed by atoms with Gasteiger partial charge in [-0.05, 0) is 43.5 Å². The van der Waals surface area contributed by atoms with Gasteiger partial charge >= 0.3 is 0 Å². The second-order valence-corrected chi connectivity index (χ2v) is 4.67. The van der Waals surface area contributed by atoms with Crippen LogP contribution in [0.5, 0.6) is 0 Å². The van der Waals surface area contributed by atoms with Crippen LogP contribution in [0.25, 0.3) is 0 Å². The first-order valence-corrected chi connectivity index (χ1v) is 7.02. The van der Waals surface area contributed by atoms with Gasteiger partial charge < -0.3 is 9.08 Å². The first-order chi connectivity index (χ1) is 7.90. The SMILES string of the molecule is CSOC(CCN1CCC1)c1ccccc1. The highest BCUT2D eigenvalue weighted by atomic mass is 32.2. The fraction of sp³-hybridized carbons (Fsp3) is 0.538. The van der Waals surface area contributed by atoms with E-state index in [4.69, 9.17) is 4.18 Å². The van der Waals surface area contributed by atoms with Crippen LogP contribution in [0, 0.1) is 0 Å². The van der Waals surface area contributed by atoms with Gasteiger partial charge in [-0.2, -0.15) is 0 Å². The molecular weight excluding hydrogens is 218 g/mol. The molecule has 0 N–H and O–H groups in total. The van der Waals surface area contributed by atoms with Crippen molar-refractivity contribution >= 4 is 12.0 Å². The molecule has 1 saturated heterocycles. The van der Waals surface area contributed by atoms with Gasteiger partial charge in [-0.3, -0.25) is 0 Å². The number of hydrogen-bond acceptors (Lipinski definition) is 3. The number of benzene rings is 1. The van der Waals surface area contributed by atoms with Crippen molar-refractivity contribution < 1.29 is 4.18 Å². The second-order valence-electron chi connectivity index (χ2n) is 4.15. The van der Waals surface area contributed by atoms with E-state index in [-0.39, 0.29) is 6.10 Å². The molecular formula is C13H19NOS. The van der Waals surface area contributed by atoms with Crippen molar-refractivity contribution in [1.82, 2.24) is 4.90 Å². The number of nitrogens with zero attached hydrogens (tertiary/aromatic N) is 1. The monoisotopic (exact) mass is 237 g/mol. The molecule has 1 heterocycles. The molecule has 1 aromatic rings. The predicted molar refractivity (Wildman–Crippen MR) is 69.5 cm³/mol. The molecule has 1 unspecified atom stereocenters. The Hall–Kier alpha value is -0.510. The Labute approximate surface area is 102 Å². The first-order valence-electron chi connectivity index (χ1n) is 5.87. The summed E-state index contributed by atoms with van der Waals surface area (Å²) in [6, 6.07) is 10.5. The fourth-order valence-electron chi connectivity index (χ4n) is 1.96. The van der Waals surface area contributed by atoms with Crippen LogP contribution < -0.4 is 0 Å². The smallest absolute Gasteiger partial charge is 0.0984 e. The molecule has 0 aromatic heterocycles. The summed E-state index contributed by atoms with van der Waals surface area (Å²) in [6.07, 6.45) is 4.67. The second kappa shape index (κ2) is 6.28. The minimum atomic E-state index is 0.233. The Balaban J connectivity index is 1.88. The van der Waals surface area contributed by atoms with Crippen molar-refractivity contribution in [3.8, 4) is 0 Å². The maximum atomic E-state index is 5.74. The Morgan fingerprint density at radius 3 is 2.62 bits per heavy atom. The lowest BCUT2D eigenvalue weighted by Gasteiger charge is -2.31. The number of rotatable bonds is 6. The predicted octanol–water partition coefficient (Wildman–Crippen LogP) is 3.12. The van der Waals surface area contributed by atoms with E-state index in [9.17, 15) is 0 Å². The summed E-state index contributed by atoms with van der Waals surface area (Å²) in [4.78, 5) is 2.49. The lowest BCUT2D eigenvalue weighted by atomic mass is 10.1. The van der Waals surface area contributed by atoms with E-state index in [0.717, 1.165) is 13.0 Å². The summed E-state index contributed by atoms with van der Waals surface area (Å²) < 4.78 is 5.74. The van der Waals surface area contributed by atoms with Gasteiger partial charge in [-0.15, -0.1) is 0 Å². The summed E-state index contributed by atoms with van der Waals surface area (Å²) in [5, 5.41) is 0. The largest absolute Gasteiger partial charge is 0.308 e. The van der Waals surface area contributed by atoms with Crippen LogP contribution in [-0.4, -0.2) is 30.8 Å². The molecule has 1 aromatic carbocycles. The Kier molecular flexibility index (Phi) is 4.69. The first kappa shape index (κ1) is 12.0. The molecule has 0 saturated carbocycles. The van der Waals surface area contributed by atoms with Crippen LogP contribution >= 0.6 is 12.0 Å². The van der Waals surface area contributed by atoms with E-state index in [1.165, 1.54) is 37.1 Å². The molecule has 3 heteroatoms. The summed E-state index contributed by atoms with van der Waals surface area (Å²) in [5.74, 6) is 0. The zero-order chi connectivity index (χ0) is 11.2. The van der Waals surface area contributed by atoms with Gasteiger partial charge in [0.25, 0.3) is 0 Å². The van der Waals surface area contributed by atoms with E-state index in [2.05, 4.69) is 35.2 Å². The summed E-state index contributed by atoms with van der Waals surface area (Å²) in [5.41, 5.74) is 1.29. The van der Waals surface area contributed by atoms with Gasteiger partial charge in [-0.25, -0.2) is 0 Å². The van der Waals surface area contributed by atoms with Gasteiger partial charge in [0.05, 0.1) is 6.10 Å². The van der Waals surface area contributed by atoms with Crippen LogP contribution in [0.15, 0.2) is 30.3 Å². The van der Waals surface area contributed by atoms with Gasteiger partial charge in [0, 0.05) is 12.8 Å². The van der Waals surface area contributed by atoms with Crippen molar-refractivity contribution in [2.24, 2.45) is 0 Å². The minimum Gasteiger partial charge on any atom is -0.308 e. The van der Waals surface area contributed by atoms with Crippen LogP contribution in [-0.2, 0) is 4.18 Å². The molecule has 1 aliphatic heterocycles. The molecule has 1 fully saturated rings. The third kappa shape index (κ3) is 3.24. The van der Waals surface area contributed by atoms with Crippen molar-refractivity contribution in [3.05, 3.63) is 35.9 Å². The van der Waals surface area contributed by atoms with Crippen molar-refractivity contribution in [2.45, 2.75) is 18.9 Å². The molecule has 0 aliphatic carbocycles. The fourth-order valence-corrected chi connectivity index (χ4v) is 2.40. The maximum Gasteiger partial charge on any atom is 0.0984 e. The molecule has 0 spiro atoms. The summed E-state index contributed by atoms with van der Waals surface area (Å²) >= 11 is 1.46. The summed E-state index contributed by atoms with van der Waals surface area (Å²) in [6.45, 7) is 3.68. The van der Waals surface area contributed by atoms with Gasteiger partial charge in [0.2, 0.25) is 0 Å².